The molecule has 0 fully saturated rings. The number of halogens is 1. The van der Waals surface area contributed by atoms with Gasteiger partial charge < -0.3 is 16.4 Å². The standard InChI is InChI=1S/C16H26N4O.HI/c1-4-8-18-15(21)14-7-5-6-13(9-14)11-20-16(17)19-10-12(2)3;/h5-7,9,12H,4,8,10-11H2,1-3H3,(H,18,21)(H3,17,19,20);1H. The van der Waals surface area contributed by atoms with Crippen LogP contribution in [-0.2, 0) is 6.54 Å². The maximum absolute atomic E-state index is 11.9. The second-order valence-corrected chi connectivity index (χ2v) is 5.43. The lowest BCUT2D eigenvalue weighted by atomic mass is 10.1. The Kier molecular flexibility index (Phi) is 10.6. The summed E-state index contributed by atoms with van der Waals surface area (Å²) in [6, 6.07) is 7.46. The summed E-state index contributed by atoms with van der Waals surface area (Å²) in [5.41, 5.74) is 7.42. The highest BCUT2D eigenvalue weighted by molar-refractivity contribution is 14.0. The van der Waals surface area contributed by atoms with Crippen LogP contribution in [0.5, 0.6) is 0 Å². The topological polar surface area (TPSA) is 79.5 Å². The van der Waals surface area contributed by atoms with E-state index in [0.29, 0.717) is 30.5 Å². The average Bonchev–Trinajstić information content (AvgIpc) is 2.48. The summed E-state index contributed by atoms with van der Waals surface area (Å²) in [4.78, 5) is 16.2. The number of guanidine groups is 1. The Morgan fingerprint density at radius 2 is 2.05 bits per heavy atom. The van der Waals surface area contributed by atoms with Crippen molar-refractivity contribution < 1.29 is 4.79 Å². The van der Waals surface area contributed by atoms with Crippen LogP contribution in [-0.4, -0.2) is 25.0 Å². The second kappa shape index (κ2) is 11.3. The SMILES string of the molecule is CCCNC(=O)c1cccc(CN=C(N)NCC(C)C)c1.I. The molecule has 6 heteroatoms. The smallest absolute Gasteiger partial charge is 0.251 e. The number of hydrogen-bond acceptors (Lipinski definition) is 2. The van der Waals surface area contributed by atoms with Crippen LogP contribution in [0.15, 0.2) is 29.3 Å². The summed E-state index contributed by atoms with van der Waals surface area (Å²) in [7, 11) is 0. The van der Waals surface area contributed by atoms with Crippen molar-refractivity contribution in [3.05, 3.63) is 35.4 Å². The molecule has 0 unspecified atom stereocenters. The highest BCUT2D eigenvalue weighted by Gasteiger charge is 2.05. The van der Waals surface area contributed by atoms with Gasteiger partial charge in [0.15, 0.2) is 5.96 Å². The van der Waals surface area contributed by atoms with Crippen molar-refractivity contribution in [2.45, 2.75) is 33.7 Å². The molecule has 0 aromatic heterocycles. The zero-order valence-electron chi connectivity index (χ0n) is 13.6. The van der Waals surface area contributed by atoms with E-state index in [2.05, 4.69) is 29.5 Å². The molecule has 1 rings (SSSR count). The van der Waals surface area contributed by atoms with Gasteiger partial charge in [0.1, 0.15) is 0 Å². The molecule has 22 heavy (non-hydrogen) atoms. The maximum Gasteiger partial charge on any atom is 0.251 e. The number of nitrogens with zero attached hydrogens (tertiary/aromatic N) is 1. The van der Waals surface area contributed by atoms with E-state index in [1.807, 2.05) is 25.1 Å². The molecule has 0 radical (unpaired) electrons. The lowest BCUT2D eigenvalue weighted by Crippen LogP contribution is -2.34. The highest BCUT2D eigenvalue weighted by atomic mass is 127. The molecule has 0 aliphatic rings. The van der Waals surface area contributed by atoms with E-state index in [-0.39, 0.29) is 29.9 Å². The first-order chi connectivity index (χ1) is 10.0. The number of nitrogens with one attached hydrogen (secondary N) is 2. The van der Waals surface area contributed by atoms with Gasteiger partial charge in [0.2, 0.25) is 0 Å². The summed E-state index contributed by atoms with van der Waals surface area (Å²) in [6.07, 6.45) is 0.924. The monoisotopic (exact) mass is 418 g/mol. The van der Waals surface area contributed by atoms with Gasteiger partial charge in [-0.3, -0.25) is 4.79 Å². The fourth-order valence-electron chi connectivity index (χ4n) is 1.69. The minimum absolute atomic E-state index is 0. The van der Waals surface area contributed by atoms with E-state index in [1.54, 1.807) is 6.07 Å². The van der Waals surface area contributed by atoms with Crippen molar-refractivity contribution in [2.24, 2.45) is 16.6 Å². The quantitative estimate of drug-likeness (QED) is 0.362. The molecule has 0 aliphatic heterocycles. The van der Waals surface area contributed by atoms with E-state index in [0.717, 1.165) is 18.5 Å². The Morgan fingerprint density at radius 3 is 2.68 bits per heavy atom. The first-order valence-electron chi connectivity index (χ1n) is 7.43. The van der Waals surface area contributed by atoms with Gasteiger partial charge in [0.25, 0.3) is 5.91 Å². The molecule has 1 amide bonds. The number of aliphatic imine (C=N–C) groups is 1. The van der Waals surface area contributed by atoms with Gasteiger partial charge in [-0.2, -0.15) is 0 Å². The minimum atomic E-state index is -0.0476. The van der Waals surface area contributed by atoms with Crippen LogP contribution in [0.3, 0.4) is 0 Å². The summed E-state index contributed by atoms with van der Waals surface area (Å²) < 4.78 is 0. The molecule has 0 bridgehead atoms. The molecule has 1 aromatic rings. The van der Waals surface area contributed by atoms with Crippen molar-refractivity contribution in [3.8, 4) is 0 Å². The number of amides is 1. The van der Waals surface area contributed by atoms with Crippen LogP contribution in [0.2, 0.25) is 0 Å². The predicted molar refractivity (Wildman–Crippen MR) is 103 cm³/mol. The Labute approximate surface area is 150 Å². The largest absolute Gasteiger partial charge is 0.370 e. The van der Waals surface area contributed by atoms with Gasteiger partial charge in [0.05, 0.1) is 6.54 Å². The second-order valence-electron chi connectivity index (χ2n) is 5.43. The highest BCUT2D eigenvalue weighted by Crippen LogP contribution is 2.06. The lowest BCUT2D eigenvalue weighted by molar-refractivity contribution is 0.0953. The van der Waals surface area contributed by atoms with Crippen molar-refractivity contribution in [2.75, 3.05) is 13.1 Å². The Hall–Kier alpha value is -1.31. The van der Waals surface area contributed by atoms with Crippen LogP contribution >= 0.6 is 24.0 Å². The molecule has 124 valence electrons. The Morgan fingerprint density at radius 1 is 1.32 bits per heavy atom. The summed E-state index contributed by atoms with van der Waals surface area (Å²) in [5.74, 6) is 0.905. The average molecular weight is 418 g/mol. The third-order valence-electron chi connectivity index (χ3n) is 2.85. The molecular formula is C16H27IN4O. The normalized spacial score (nSPS) is 11.0. The third-order valence-corrected chi connectivity index (χ3v) is 2.85. The number of carbonyl (C=O) groups excluding carboxylic acids is 1. The fourth-order valence-corrected chi connectivity index (χ4v) is 1.69. The van der Waals surface area contributed by atoms with Crippen LogP contribution in [0.4, 0.5) is 0 Å². The van der Waals surface area contributed by atoms with Crippen molar-refractivity contribution in [1.82, 2.24) is 10.6 Å². The summed E-state index contributed by atoms with van der Waals surface area (Å²) in [6.45, 7) is 8.20. The molecule has 0 spiro atoms. The summed E-state index contributed by atoms with van der Waals surface area (Å²) in [5, 5.41) is 5.93. The van der Waals surface area contributed by atoms with Gasteiger partial charge in [-0.05, 0) is 30.0 Å². The zero-order chi connectivity index (χ0) is 15.7. The van der Waals surface area contributed by atoms with E-state index in [4.69, 9.17) is 5.73 Å². The molecule has 5 nitrogen and oxygen atoms in total. The van der Waals surface area contributed by atoms with Gasteiger partial charge in [-0.1, -0.05) is 32.9 Å². The third kappa shape index (κ3) is 8.21. The Bertz CT molecular complexity index is 489. The molecule has 1 aromatic carbocycles. The van der Waals surface area contributed by atoms with Crippen molar-refractivity contribution in [3.63, 3.8) is 0 Å². The van der Waals surface area contributed by atoms with Crippen molar-refractivity contribution in [1.29, 1.82) is 0 Å². The van der Waals surface area contributed by atoms with Crippen LogP contribution in [0.1, 0.15) is 43.1 Å². The molecule has 0 saturated heterocycles. The first-order valence-corrected chi connectivity index (χ1v) is 7.43. The first kappa shape index (κ1) is 20.7. The molecule has 4 N–H and O–H groups in total. The number of carbonyl (C=O) groups is 1. The number of hydrogen-bond donors (Lipinski definition) is 3. The number of rotatable bonds is 7. The van der Waals surface area contributed by atoms with Gasteiger partial charge in [0, 0.05) is 18.7 Å². The summed E-state index contributed by atoms with van der Waals surface area (Å²) >= 11 is 0. The molecular weight excluding hydrogens is 391 g/mol. The number of benzene rings is 1. The van der Waals surface area contributed by atoms with Crippen LogP contribution in [0.25, 0.3) is 0 Å². The van der Waals surface area contributed by atoms with Crippen LogP contribution < -0.4 is 16.4 Å². The fraction of sp³-hybridized carbons (Fsp3) is 0.500. The van der Waals surface area contributed by atoms with Gasteiger partial charge >= 0.3 is 0 Å². The van der Waals surface area contributed by atoms with Crippen LogP contribution in [0, 0.1) is 5.92 Å². The Balaban J connectivity index is 0.00000441. The molecule has 0 heterocycles. The maximum atomic E-state index is 11.9. The van der Waals surface area contributed by atoms with Crippen molar-refractivity contribution >= 4 is 35.8 Å². The number of nitrogens with two attached hydrogens (primary N) is 1. The zero-order valence-corrected chi connectivity index (χ0v) is 15.9. The van der Waals surface area contributed by atoms with Gasteiger partial charge in [-0.15, -0.1) is 24.0 Å². The van der Waals surface area contributed by atoms with E-state index >= 15 is 0 Å². The predicted octanol–water partition coefficient (Wildman–Crippen LogP) is 2.50. The molecule has 0 aliphatic carbocycles. The van der Waals surface area contributed by atoms with E-state index < -0.39 is 0 Å². The van der Waals surface area contributed by atoms with E-state index in [9.17, 15) is 4.79 Å². The minimum Gasteiger partial charge on any atom is -0.370 e. The lowest BCUT2D eigenvalue weighted by Gasteiger charge is -2.08. The molecule has 0 atom stereocenters. The van der Waals surface area contributed by atoms with E-state index in [1.165, 1.54) is 0 Å². The molecule has 0 saturated carbocycles. The van der Waals surface area contributed by atoms with Gasteiger partial charge in [-0.25, -0.2) is 4.99 Å².